The molecule has 1 aromatic carbocycles. The summed E-state index contributed by atoms with van der Waals surface area (Å²) < 4.78 is 5.25. The molecule has 0 aliphatic rings. The van der Waals surface area contributed by atoms with Gasteiger partial charge in [-0.05, 0) is 30.7 Å². The first-order valence-corrected chi connectivity index (χ1v) is 8.56. The number of nitrogens with one attached hydrogen (secondary N) is 1. The number of aromatic amines is 1. The molecule has 7 heteroatoms. The van der Waals surface area contributed by atoms with Gasteiger partial charge in [-0.25, -0.2) is 4.98 Å². The quantitative estimate of drug-likeness (QED) is 0.648. The molecule has 2 aromatic heterocycles. The van der Waals surface area contributed by atoms with E-state index in [2.05, 4.69) is 15.2 Å². The summed E-state index contributed by atoms with van der Waals surface area (Å²) in [5, 5.41) is 17.3. The van der Waals surface area contributed by atoms with E-state index in [1.54, 1.807) is 18.2 Å². The van der Waals surface area contributed by atoms with Gasteiger partial charge in [-0.1, -0.05) is 6.07 Å². The lowest BCUT2D eigenvalue weighted by Crippen LogP contribution is -2.32. The van der Waals surface area contributed by atoms with E-state index >= 15 is 0 Å². The standard InChI is InChI=1S/C19H22N4O3/c1-26-15-6-2-5-14(13-15)23(11-4-12-24)18(25)9-8-17-16-7-3-10-20-19(16)22-21-17/h2-3,5-7,10,13,24H,4,8-9,11-12H2,1H3,(H,20,21,22). The number of aliphatic hydroxyl groups excluding tert-OH is 1. The summed E-state index contributed by atoms with van der Waals surface area (Å²) in [6, 6.07) is 11.2. The fourth-order valence-corrected chi connectivity index (χ4v) is 2.86. The molecule has 2 heterocycles. The molecule has 3 rings (SSSR count). The number of methoxy groups -OCH3 is 1. The Morgan fingerprint density at radius 1 is 1.31 bits per heavy atom. The molecule has 2 N–H and O–H groups in total. The van der Waals surface area contributed by atoms with Gasteiger partial charge in [0.15, 0.2) is 5.65 Å². The Morgan fingerprint density at radius 3 is 3.00 bits per heavy atom. The summed E-state index contributed by atoms with van der Waals surface area (Å²) in [4.78, 5) is 18.7. The average Bonchev–Trinajstić information content (AvgIpc) is 3.10. The van der Waals surface area contributed by atoms with Crippen molar-refractivity contribution in [1.82, 2.24) is 15.2 Å². The SMILES string of the molecule is COc1cccc(N(CCCO)C(=O)CCc2n[nH]c3ncccc23)c1. The van der Waals surface area contributed by atoms with Crippen LogP contribution in [0.3, 0.4) is 0 Å². The summed E-state index contributed by atoms with van der Waals surface area (Å²) in [7, 11) is 1.59. The number of benzene rings is 1. The molecule has 1 amide bonds. The molecule has 136 valence electrons. The number of rotatable bonds is 8. The van der Waals surface area contributed by atoms with Gasteiger partial charge in [0.05, 0.1) is 12.8 Å². The second-order valence-electron chi connectivity index (χ2n) is 5.89. The maximum absolute atomic E-state index is 12.8. The van der Waals surface area contributed by atoms with Crippen molar-refractivity contribution in [2.24, 2.45) is 0 Å². The van der Waals surface area contributed by atoms with E-state index in [-0.39, 0.29) is 12.5 Å². The summed E-state index contributed by atoms with van der Waals surface area (Å²) in [5.41, 5.74) is 2.31. The van der Waals surface area contributed by atoms with Crippen molar-refractivity contribution in [1.29, 1.82) is 0 Å². The molecule has 0 unspecified atom stereocenters. The minimum absolute atomic E-state index is 0.0215. The number of anilines is 1. The second-order valence-corrected chi connectivity index (χ2v) is 5.89. The van der Waals surface area contributed by atoms with Gasteiger partial charge in [-0.3, -0.25) is 9.89 Å². The molecular formula is C19H22N4O3. The van der Waals surface area contributed by atoms with Crippen LogP contribution >= 0.6 is 0 Å². The molecule has 7 nitrogen and oxygen atoms in total. The number of pyridine rings is 1. The Balaban J connectivity index is 1.74. The molecular weight excluding hydrogens is 332 g/mol. The number of nitrogens with zero attached hydrogens (tertiary/aromatic N) is 3. The molecule has 0 saturated heterocycles. The minimum Gasteiger partial charge on any atom is -0.497 e. The summed E-state index contributed by atoms with van der Waals surface area (Å²) in [6.45, 7) is 0.481. The predicted molar refractivity (Wildman–Crippen MR) is 99.3 cm³/mol. The highest BCUT2D eigenvalue weighted by molar-refractivity contribution is 5.94. The van der Waals surface area contributed by atoms with E-state index in [1.807, 2.05) is 36.4 Å². The van der Waals surface area contributed by atoms with Gasteiger partial charge in [-0.15, -0.1) is 0 Å². The lowest BCUT2D eigenvalue weighted by molar-refractivity contribution is -0.118. The fraction of sp³-hybridized carbons (Fsp3) is 0.316. The third kappa shape index (κ3) is 4.00. The number of aromatic nitrogens is 3. The predicted octanol–water partition coefficient (Wildman–Crippen LogP) is 2.31. The van der Waals surface area contributed by atoms with E-state index in [9.17, 15) is 4.79 Å². The van der Waals surface area contributed by atoms with Crippen molar-refractivity contribution < 1.29 is 14.6 Å². The van der Waals surface area contributed by atoms with E-state index in [4.69, 9.17) is 9.84 Å². The lowest BCUT2D eigenvalue weighted by Gasteiger charge is -2.23. The maximum Gasteiger partial charge on any atom is 0.227 e. The van der Waals surface area contributed by atoms with Gasteiger partial charge in [0, 0.05) is 49.3 Å². The minimum atomic E-state index is -0.0215. The first kappa shape index (κ1) is 17.9. The molecule has 0 spiro atoms. The maximum atomic E-state index is 12.8. The smallest absolute Gasteiger partial charge is 0.227 e. The van der Waals surface area contributed by atoms with Crippen LogP contribution in [0, 0.1) is 0 Å². The zero-order valence-electron chi connectivity index (χ0n) is 14.7. The number of carbonyl (C=O) groups excluding carboxylic acids is 1. The van der Waals surface area contributed by atoms with Crippen LogP contribution in [-0.2, 0) is 11.2 Å². The zero-order chi connectivity index (χ0) is 18.4. The van der Waals surface area contributed by atoms with Crippen LogP contribution in [0.1, 0.15) is 18.5 Å². The highest BCUT2D eigenvalue weighted by Gasteiger charge is 2.17. The Bertz CT molecular complexity index is 878. The highest BCUT2D eigenvalue weighted by Crippen LogP contribution is 2.23. The largest absolute Gasteiger partial charge is 0.497 e. The van der Waals surface area contributed by atoms with Crippen molar-refractivity contribution in [2.45, 2.75) is 19.3 Å². The van der Waals surface area contributed by atoms with Crippen LogP contribution in [0.5, 0.6) is 5.75 Å². The number of carbonyl (C=O) groups is 1. The number of fused-ring (bicyclic) bond motifs is 1. The molecule has 0 fully saturated rings. The highest BCUT2D eigenvalue weighted by atomic mass is 16.5. The van der Waals surface area contributed by atoms with E-state index in [0.29, 0.717) is 31.6 Å². The van der Waals surface area contributed by atoms with Gasteiger partial charge in [-0.2, -0.15) is 5.10 Å². The number of aryl methyl sites for hydroxylation is 1. The average molecular weight is 354 g/mol. The van der Waals surface area contributed by atoms with Crippen molar-refractivity contribution in [3.63, 3.8) is 0 Å². The topological polar surface area (TPSA) is 91.3 Å². The first-order valence-electron chi connectivity index (χ1n) is 8.56. The Labute approximate surface area is 151 Å². The van der Waals surface area contributed by atoms with Crippen LogP contribution in [0.2, 0.25) is 0 Å². The Hall–Kier alpha value is -2.93. The van der Waals surface area contributed by atoms with E-state index in [0.717, 1.165) is 22.4 Å². The molecule has 0 atom stereocenters. The first-order chi connectivity index (χ1) is 12.7. The van der Waals surface area contributed by atoms with Crippen LogP contribution in [-0.4, -0.2) is 46.5 Å². The summed E-state index contributed by atoms with van der Waals surface area (Å²) in [5.74, 6) is 0.667. The molecule has 0 bridgehead atoms. The Morgan fingerprint density at radius 2 is 2.19 bits per heavy atom. The summed E-state index contributed by atoms with van der Waals surface area (Å²) >= 11 is 0. The number of H-pyrrole nitrogens is 1. The van der Waals surface area contributed by atoms with Gasteiger partial charge < -0.3 is 14.7 Å². The van der Waals surface area contributed by atoms with Gasteiger partial charge >= 0.3 is 0 Å². The van der Waals surface area contributed by atoms with Crippen LogP contribution in [0.25, 0.3) is 11.0 Å². The van der Waals surface area contributed by atoms with Crippen molar-refractivity contribution in [2.75, 3.05) is 25.2 Å². The zero-order valence-corrected chi connectivity index (χ0v) is 14.7. The third-order valence-corrected chi connectivity index (χ3v) is 4.20. The van der Waals surface area contributed by atoms with Crippen LogP contribution in [0.4, 0.5) is 5.69 Å². The van der Waals surface area contributed by atoms with Crippen LogP contribution < -0.4 is 9.64 Å². The number of aliphatic hydroxyl groups is 1. The van der Waals surface area contributed by atoms with Gasteiger partial charge in [0.2, 0.25) is 5.91 Å². The lowest BCUT2D eigenvalue weighted by atomic mass is 10.1. The van der Waals surface area contributed by atoms with Crippen molar-refractivity contribution >= 4 is 22.6 Å². The van der Waals surface area contributed by atoms with Crippen LogP contribution in [0.15, 0.2) is 42.6 Å². The monoisotopic (exact) mass is 354 g/mol. The van der Waals surface area contributed by atoms with E-state index < -0.39 is 0 Å². The molecule has 0 aliphatic heterocycles. The fourth-order valence-electron chi connectivity index (χ4n) is 2.86. The van der Waals surface area contributed by atoms with Gasteiger partial charge in [0.1, 0.15) is 5.75 Å². The molecule has 0 saturated carbocycles. The Kier molecular flexibility index (Phi) is 5.80. The number of hydrogen-bond donors (Lipinski definition) is 2. The second kappa shape index (κ2) is 8.44. The molecule has 0 radical (unpaired) electrons. The number of amides is 1. The molecule has 0 aliphatic carbocycles. The molecule has 3 aromatic rings. The third-order valence-electron chi connectivity index (χ3n) is 4.20. The summed E-state index contributed by atoms with van der Waals surface area (Å²) in [6.07, 6.45) is 3.05. The van der Waals surface area contributed by atoms with Crippen molar-refractivity contribution in [3.8, 4) is 5.75 Å². The van der Waals surface area contributed by atoms with Crippen molar-refractivity contribution in [3.05, 3.63) is 48.3 Å². The number of hydrogen-bond acceptors (Lipinski definition) is 5. The molecule has 26 heavy (non-hydrogen) atoms. The van der Waals surface area contributed by atoms with E-state index in [1.165, 1.54) is 0 Å². The van der Waals surface area contributed by atoms with Gasteiger partial charge in [0.25, 0.3) is 0 Å². The normalized spacial score (nSPS) is 10.8. The number of ether oxygens (including phenoxy) is 1.